The SMILES string of the molecule is CC(C)[C@@H]1NC(=O)[C@@H]2CCCN2C(=O)[C@H](Cc2ccc(O)cc2)NC(=O)[C@H](Cc2ccc(O)cc2)NC(=O)[C@H](Cc2ccc(O)cc2)NC(=O)CNC(=O)[C@@H]2CCCN2C1=O. The van der Waals surface area contributed by atoms with Gasteiger partial charge < -0.3 is 51.7 Å². The summed E-state index contributed by atoms with van der Waals surface area (Å²) in [5.74, 6) is -4.94. The summed E-state index contributed by atoms with van der Waals surface area (Å²) in [6.45, 7) is 3.41. The molecule has 0 saturated carbocycles. The number of amides is 7. The average molecular weight is 840 g/mol. The number of fused-ring (bicyclic) bond motifs is 2. The van der Waals surface area contributed by atoms with Gasteiger partial charge in [-0.2, -0.15) is 0 Å². The molecule has 0 bridgehead atoms. The van der Waals surface area contributed by atoms with E-state index in [2.05, 4.69) is 26.6 Å². The molecule has 3 saturated heterocycles. The van der Waals surface area contributed by atoms with Gasteiger partial charge in [0.2, 0.25) is 41.4 Å². The van der Waals surface area contributed by atoms with Crippen LogP contribution in [0.25, 0.3) is 0 Å². The van der Waals surface area contributed by atoms with E-state index in [4.69, 9.17) is 0 Å². The number of hydrogen-bond acceptors (Lipinski definition) is 10. The minimum absolute atomic E-state index is 0.0115. The monoisotopic (exact) mass is 839 g/mol. The third-order valence-corrected chi connectivity index (χ3v) is 11.4. The summed E-state index contributed by atoms with van der Waals surface area (Å²) in [5.41, 5.74) is 1.67. The first-order valence-electron chi connectivity index (χ1n) is 20.6. The fourth-order valence-corrected chi connectivity index (χ4v) is 8.04. The van der Waals surface area contributed by atoms with Crippen LogP contribution < -0.4 is 26.6 Å². The number of aromatic hydroxyl groups is 3. The van der Waals surface area contributed by atoms with Crippen molar-refractivity contribution in [1.29, 1.82) is 0 Å². The van der Waals surface area contributed by atoms with Crippen molar-refractivity contribution >= 4 is 41.4 Å². The Hall–Kier alpha value is -6.65. The van der Waals surface area contributed by atoms with Gasteiger partial charge in [0.05, 0.1) is 6.54 Å². The Morgan fingerprint density at radius 3 is 1.41 bits per heavy atom. The van der Waals surface area contributed by atoms with Gasteiger partial charge in [-0.25, -0.2) is 0 Å². The molecule has 3 fully saturated rings. The van der Waals surface area contributed by atoms with Crippen LogP contribution in [0.2, 0.25) is 0 Å². The summed E-state index contributed by atoms with van der Waals surface area (Å²) in [6, 6.07) is 11.2. The number of phenolic OH excluding ortho intramolecular Hbond substituents is 3. The maximum absolute atomic E-state index is 14.6. The fourth-order valence-electron chi connectivity index (χ4n) is 8.04. The van der Waals surface area contributed by atoms with Crippen LogP contribution in [0.3, 0.4) is 0 Å². The van der Waals surface area contributed by atoms with E-state index in [0.717, 1.165) is 0 Å². The van der Waals surface area contributed by atoms with E-state index < -0.39 is 90.1 Å². The second-order valence-electron chi connectivity index (χ2n) is 16.2. The Morgan fingerprint density at radius 2 is 0.934 bits per heavy atom. The number of phenols is 3. The Bertz CT molecular complexity index is 2090. The molecule has 6 rings (SSSR count). The molecule has 61 heavy (non-hydrogen) atoms. The molecule has 3 aliphatic rings. The van der Waals surface area contributed by atoms with Gasteiger partial charge in [-0.05, 0) is 84.7 Å². The van der Waals surface area contributed by atoms with E-state index in [1.807, 2.05) is 0 Å². The van der Waals surface area contributed by atoms with Crippen LogP contribution in [0.5, 0.6) is 17.2 Å². The standard InChI is InChI=1S/C44H53N7O10/c1-25(2)38-44(61)51-20-3-5-35(51)41(58)45-24-37(55)46-32(21-26-7-13-29(52)14-8-26)39(56)47-33(22-27-9-15-30(53)16-10-27)40(57)48-34(23-28-11-17-31(54)18-12-28)43(60)50-19-4-6-36(50)42(59)49-38/h7-18,25,32-36,38,52-54H,3-6,19-24H2,1-2H3,(H,45,58)(H,46,55)(H,47,56)(H,48,57)(H,49,59)/t32-,33-,34-,35-,36-,38-/m0/s1. The van der Waals surface area contributed by atoms with Crippen molar-refractivity contribution < 1.29 is 48.9 Å². The van der Waals surface area contributed by atoms with Crippen molar-refractivity contribution in [3.63, 3.8) is 0 Å². The van der Waals surface area contributed by atoms with Crippen LogP contribution in [-0.4, -0.2) is 122 Å². The highest BCUT2D eigenvalue weighted by molar-refractivity contribution is 5.98. The number of carbonyl (C=O) groups excluding carboxylic acids is 7. The van der Waals surface area contributed by atoms with E-state index in [1.54, 1.807) is 50.2 Å². The number of hydrogen-bond donors (Lipinski definition) is 8. The molecule has 3 aromatic rings. The van der Waals surface area contributed by atoms with Crippen molar-refractivity contribution in [3.8, 4) is 17.2 Å². The molecule has 0 unspecified atom stereocenters. The molecular formula is C44H53N7O10. The summed E-state index contributed by atoms with van der Waals surface area (Å²) < 4.78 is 0. The Labute approximate surface area is 353 Å². The second kappa shape index (κ2) is 19.6. The highest BCUT2D eigenvalue weighted by atomic mass is 16.3. The molecular weight excluding hydrogens is 787 g/mol. The zero-order valence-corrected chi connectivity index (χ0v) is 34.1. The minimum atomic E-state index is -1.34. The molecule has 17 heteroatoms. The molecule has 0 aliphatic carbocycles. The Kier molecular flexibility index (Phi) is 14.1. The van der Waals surface area contributed by atoms with Gasteiger partial charge in [-0.15, -0.1) is 0 Å². The molecule has 324 valence electrons. The van der Waals surface area contributed by atoms with Gasteiger partial charge in [-0.1, -0.05) is 50.2 Å². The Morgan fingerprint density at radius 1 is 0.525 bits per heavy atom. The molecule has 0 radical (unpaired) electrons. The molecule has 3 heterocycles. The van der Waals surface area contributed by atoms with E-state index in [9.17, 15) is 48.9 Å². The number of rotatable bonds is 7. The molecule has 3 aliphatic heterocycles. The normalized spacial score (nSPS) is 24.8. The maximum atomic E-state index is 14.6. The molecule has 8 N–H and O–H groups in total. The smallest absolute Gasteiger partial charge is 0.246 e. The van der Waals surface area contributed by atoms with Crippen molar-refractivity contribution in [3.05, 3.63) is 89.5 Å². The summed E-state index contributed by atoms with van der Waals surface area (Å²) >= 11 is 0. The van der Waals surface area contributed by atoms with Crippen LogP contribution in [-0.2, 0) is 52.8 Å². The van der Waals surface area contributed by atoms with Gasteiger partial charge in [0.25, 0.3) is 0 Å². The van der Waals surface area contributed by atoms with Crippen LogP contribution in [0.15, 0.2) is 72.8 Å². The summed E-state index contributed by atoms with van der Waals surface area (Å²) in [7, 11) is 0. The molecule has 0 spiro atoms. The van der Waals surface area contributed by atoms with Crippen LogP contribution in [0.1, 0.15) is 56.2 Å². The number of benzene rings is 3. The predicted molar refractivity (Wildman–Crippen MR) is 220 cm³/mol. The van der Waals surface area contributed by atoms with Crippen molar-refractivity contribution in [2.75, 3.05) is 19.6 Å². The van der Waals surface area contributed by atoms with Gasteiger partial charge >= 0.3 is 0 Å². The second-order valence-corrected chi connectivity index (χ2v) is 16.2. The molecule has 17 nitrogen and oxygen atoms in total. The lowest BCUT2D eigenvalue weighted by Gasteiger charge is -2.33. The molecule has 0 aromatic heterocycles. The van der Waals surface area contributed by atoms with Crippen LogP contribution >= 0.6 is 0 Å². The molecule has 3 aromatic carbocycles. The lowest BCUT2D eigenvalue weighted by Crippen LogP contribution is -2.60. The lowest BCUT2D eigenvalue weighted by molar-refractivity contribution is -0.145. The fraction of sp³-hybridized carbons (Fsp3) is 0.432. The molecule has 6 atom stereocenters. The van der Waals surface area contributed by atoms with E-state index in [0.29, 0.717) is 36.0 Å². The predicted octanol–water partition coefficient (Wildman–Crippen LogP) is 0.538. The van der Waals surface area contributed by atoms with Crippen molar-refractivity contribution in [2.24, 2.45) is 5.92 Å². The summed E-state index contributed by atoms with van der Waals surface area (Å²) in [5, 5.41) is 43.5. The third kappa shape index (κ3) is 11.1. The summed E-state index contributed by atoms with van der Waals surface area (Å²) in [6.07, 6.45) is 1.33. The van der Waals surface area contributed by atoms with E-state index in [-0.39, 0.29) is 56.0 Å². The first-order chi connectivity index (χ1) is 29.2. The first kappa shape index (κ1) is 43.9. The van der Waals surface area contributed by atoms with E-state index in [1.165, 1.54) is 46.2 Å². The third-order valence-electron chi connectivity index (χ3n) is 11.4. The van der Waals surface area contributed by atoms with E-state index >= 15 is 0 Å². The highest BCUT2D eigenvalue weighted by Gasteiger charge is 2.43. The van der Waals surface area contributed by atoms with Gasteiger partial charge in [-0.3, -0.25) is 33.6 Å². The lowest BCUT2D eigenvalue weighted by atomic mass is 10.00. The minimum Gasteiger partial charge on any atom is -0.508 e. The van der Waals surface area contributed by atoms with Gasteiger partial charge in [0, 0.05) is 32.4 Å². The molecule has 7 amide bonds. The van der Waals surface area contributed by atoms with Crippen molar-refractivity contribution in [2.45, 2.75) is 95.0 Å². The number of carbonyl (C=O) groups is 7. The number of nitrogens with zero attached hydrogens (tertiary/aromatic N) is 2. The topological polar surface area (TPSA) is 247 Å². The average Bonchev–Trinajstić information content (AvgIpc) is 3.94. The maximum Gasteiger partial charge on any atom is 0.246 e. The van der Waals surface area contributed by atoms with Crippen LogP contribution in [0, 0.1) is 5.92 Å². The summed E-state index contributed by atoms with van der Waals surface area (Å²) in [4.78, 5) is 101. The Balaban J connectivity index is 1.39. The quantitative estimate of drug-likeness (QED) is 0.164. The van der Waals surface area contributed by atoms with Crippen LogP contribution in [0.4, 0.5) is 0 Å². The van der Waals surface area contributed by atoms with Gasteiger partial charge in [0.1, 0.15) is 53.5 Å². The zero-order chi connectivity index (χ0) is 43.8. The van der Waals surface area contributed by atoms with Crippen molar-refractivity contribution in [1.82, 2.24) is 36.4 Å². The largest absolute Gasteiger partial charge is 0.508 e. The number of nitrogens with one attached hydrogen (secondary N) is 5. The zero-order valence-electron chi connectivity index (χ0n) is 34.1. The first-order valence-corrected chi connectivity index (χ1v) is 20.6. The van der Waals surface area contributed by atoms with Gasteiger partial charge in [0.15, 0.2) is 0 Å². The highest BCUT2D eigenvalue weighted by Crippen LogP contribution is 2.24.